The molecule has 0 aliphatic heterocycles. The second-order valence-electron chi connectivity index (χ2n) is 7.30. The minimum Gasteiger partial charge on any atom is -0.508 e. The Labute approximate surface area is 157 Å². The van der Waals surface area contributed by atoms with Crippen molar-refractivity contribution in [3.8, 4) is 5.75 Å². The molecule has 0 bridgehead atoms. The number of ketones is 1. The molecule has 6 nitrogen and oxygen atoms in total. The summed E-state index contributed by atoms with van der Waals surface area (Å²) in [5.74, 6) is -0.398. The van der Waals surface area contributed by atoms with E-state index in [0.717, 1.165) is 0 Å². The van der Waals surface area contributed by atoms with E-state index in [2.05, 4.69) is 0 Å². The number of carbonyl (C=O) groups excluding carboxylic acids is 2. The Morgan fingerprint density at radius 2 is 1.85 bits per heavy atom. The molecule has 0 atom stereocenters. The van der Waals surface area contributed by atoms with Crippen LogP contribution in [0.25, 0.3) is 17.0 Å². The topological polar surface area (TPSA) is 93.8 Å². The van der Waals surface area contributed by atoms with E-state index in [0.29, 0.717) is 18.2 Å². The van der Waals surface area contributed by atoms with Gasteiger partial charge in [-0.25, -0.2) is 4.79 Å². The van der Waals surface area contributed by atoms with Crippen molar-refractivity contribution in [3.05, 3.63) is 46.3 Å². The second kappa shape index (κ2) is 8.66. The van der Waals surface area contributed by atoms with Gasteiger partial charge in [0.15, 0.2) is 5.78 Å². The molecule has 0 unspecified atom stereocenters. The number of hydrogen-bond acceptors (Lipinski definition) is 6. The van der Waals surface area contributed by atoms with Gasteiger partial charge in [0.2, 0.25) is 0 Å². The molecule has 144 valence electrons. The van der Waals surface area contributed by atoms with Crippen LogP contribution in [0.4, 0.5) is 0 Å². The van der Waals surface area contributed by atoms with Gasteiger partial charge in [0.25, 0.3) is 0 Å². The predicted octanol–water partition coefficient (Wildman–Crippen LogP) is 3.98. The van der Waals surface area contributed by atoms with Crippen molar-refractivity contribution in [2.75, 3.05) is 0 Å². The molecule has 0 spiro atoms. The van der Waals surface area contributed by atoms with Crippen molar-refractivity contribution >= 4 is 28.8 Å². The molecule has 0 aliphatic rings. The summed E-state index contributed by atoms with van der Waals surface area (Å²) in [5.41, 5.74) is -0.544. The van der Waals surface area contributed by atoms with Crippen molar-refractivity contribution in [1.29, 1.82) is 0 Å². The van der Waals surface area contributed by atoms with Crippen molar-refractivity contribution in [3.63, 3.8) is 0 Å². The minimum atomic E-state index is -0.581. The van der Waals surface area contributed by atoms with Crippen molar-refractivity contribution in [2.24, 2.45) is 0 Å². The summed E-state index contributed by atoms with van der Waals surface area (Å²) in [5, 5.41) is 10.1. The van der Waals surface area contributed by atoms with Crippen LogP contribution in [0, 0.1) is 0 Å². The van der Waals surface area contributed by atoms with Crippen molar-refractivity contribution in [2.45, 2.75) is 52.1 Å². The number of fused-ring (bicyclic) bond motifs is 1. The van der Waals surface area contributed by atoms with Gasteiger partial charge in [-0.15, -0.1) is 0 Å². The van der Waals surface area contributed by atoms with Crippen molar-refractivity contribution in [1.82, 2.24) is 0 Å². The highest BCUT2D eigenvalue weighted by molar-refractivity contribution is 5.94. The van der Waals surface area contributed by atoms with Crippen LogP contribution in [0.5, 0.6) is 5.75 Å². The number of esters is 1. The zero-order chi connectivity index (χ0) is 20.0. The lowest BCUT2D eigenvalue weighted by atomic mass is 10.1. The molecule has 1 aromatic carbocycles. The molecule has 6 heteroatoms. The summed E-state index contributed by atoms with van der Waals surface area (Å²) < 4.78 is 10.3. The van der Waals surface area contributed by atoms with Gasteiger partial charge in [-0.05, 0) is 64.0 Å². The first kappa shape index (κ1) is 20.4. The van der Waals surface area contributed by atoms with Crippen LogP contribution in [0.15, 0.2) is 39.6 Å². The third kappa shape index (κ3) is 6.73. The molecule has 2 aromatic rings. The van der Waals surface area contributed by atoms with Gasteiger partial charge in [-0.1, -0.05) is 0 Å². The maximum absolute atomic E-state index is 11.9. The fraction of sp³-hybridized carbons (Fsp3) is 0.381. The molecule has 0 amide bonds. The van der Waals surface area contributed by atoms with Crippen LogP contribution < -0.4 is 5.63 Å². The third-order valence-corrected chi connectivity index (χ3v) is 3.67. The number of phenolic OH excluding ortho intramolecular Hbond substituents is 1. The summed E-state index contributed by atoms with van der Waals surface area (Å²) in [4.78, 5) is 35.5. The van der Waals surface area contributed by atoms with E-state index < -0.39 is 11.2 Å². The van der Waals surface area contributed by atoms with E-state index in [-0.39, 0.29) is 41.5 Å². The van der Waals surface area contributed by atoms with E-state index in [4.69, 9.17) is 9.15 Å². The molecular formula is C21H24O6. The van der Waals surface area contributed by atoms with Crippen LogP contribution in [0.1, 0.15) is 52.0 Å². The SMILES string of the molecule is CC(C)(C)OC(=O)CCCCC(=O)C=Cc1cc2ccc(O)cc2oc1=O. The fourth-order valence-electron chi connectivity index (χ4n) is 2.46. The normalized spacial score (nSPS) is 11.8. The number of aromatic hydroxyl groups is 1. The average Bonchev–Trinajstić information content (AvgIpc) is 2.55. The molecule has 0 saturated carbocycles. The Morgan fingerprint density at radius 1 is 1.15 bits per heavy atom. The fourth-order valence-corrected chi connectivity index (χ4v) is 2.46. The monoisotopic (exact) mass is 372 g/mol. The highest BCUT2D eigenvalue weighted by atomic mass is 16.6. The van der Waals surface area contributed by atoms with E-state index in [1.807, 2.05) is 20.8 Å². The average molecular weight is 372 g/mol. The third-order valence-electron chi connectivity index (χ3n) is 3.67. The lowest BCUT2D eigenvalue weighted by Crippen LogP contribution is -2.23. The predicted molar refractivity (Wildman–Crippen MR) is 103 cm³/mol. The number of hydrogen-bond donors (Lipinski definition) is 1. The van der Waals surface area contributed by atoms with Crippen molar-refractivity contribution < 1.29 is 23.8 Å². The maximum Gasteiger partial charge on any atom is 0.343 e. The Balaban J connectivity index is 1.87. The summed E-state index contributed by atoms with van der Waals surface area (Å²) in [6, 6.07) is 6.09. The quantitative estimate of drug-likeness (QED) is 0.342. The largest absolute Gasteiger partial charge is 0.508 e. The van der Waals surface area contributed by atoms with Gasteiger partial charge in [0.1, 0.15) is 16.9 Å². The number of ether oxygens (including phenoxy) is 1. The molecule has 0 saturated heterocycles. The smallest absolute Gasteiger partial charge is 0.343 e. The summed E-state index contributed by atoms with van der Waals surface area (Å²) in [6.07, 6.45) is 4.45. The molecule has 0 fully saturated rings. The second-order valence-corrected chi connectivity index (χ2v) is 7.30. The van der Waals surface area contributed by atoms with Gasteiger partial charge >= 0.3 is 11.6 Å². The Bertz CT molecular complexity index is 914. The zero-order valence-electron chi connectivity index (χ0n) is 15.8. The van der Waals surface area contributed by atoms with E-state index in [1.54, 1.807) is 12.1 Å². The van der Waals surface area contributed by atoms with Crippen LogP contribution in [-0.2, 0) is 14.3 Å². The standard InChI is InChI=1S/C21H24O6/c1-21(2,3)27-19(24)7-5-4-6-16(22)10-9-15-12-14-8-11-17(23)13-18(14)26-20(15)25/h8-13,23H,4-7H2,1-3H3. The van der Waals surface area contributed by atoms with Crippen LogP contribution in [0.3, 0.4) is 0 Å². The van der Waals surface area contributed by atoms with Gasteiger partial charge < -0.3 is 14.3 Å². The van der Waals surface area contributed by atoms with E-state index in [1.165, 1.54) is 24.3 Å². The molecular weight excluding hydrogens is 348 g/mol. The van der Waals surface area contributed by atoms with Gasteiger partial charge in [-0.3, -0.25) is 9.59 Å². The van der Waals surface area contributed by atoms with Crippen LogP contribution in [0.2, 0.25) is 0 Å². The first-order chi connectivity index (χ1) is 12.6. The molecule has 1 aromatic heterocycles. The summed E-state index contributed by atoms with van der Waals surface area (Å²) in [7, 11) is 0. The number of benzene rings is 1. The van der Waals surface area contributed by atoms with Crippen LogP contribution >= 0.6 is 0 Å². The van der Waals surface area contributed by atoms with Gasteiger partial charge in [0, 0.05) is 24.3 Å². The lowest BCUT2D eigenvalue weighted by molar-refractivity contribution is -0.155. The Kier molecular flexibility index (Phi) is 6.55. The van der Waals surface area contributed by atoms with Gasteiger partial charge in [-0.2, -0.15) is 0 Å². The highest BCUT2D eigenvalue weighted by Crippen LogP contribution is 2.19. The Hall–Kier alpha value is -2.89. The summed E-state index contributed by atoms with van der Waals surface area (Å²) in [6.45, 7) is 5.43. The number of phenols is 1. The maximum atomic E-state index is 11.9. The van der Waals surface area contributed by atoms with Crippen LogP contribution in [-0.4, -0.2) is 22.5 Å². The molecule has 1 heterocycles. The number of rotatable bonds is 7. The number of carbonyl (C=O) groups is 2. The molecule has 1 N–H and O–H groups in total. The summed E-state index contributed by atoms with van der Waals surface area (Å²) >= 11 is 0. The first-order valence-corrected chi connectivity index (χ1v) is 8.84. The molecule has 0 radical (unpaired) electrons. The van der Waals surface area contributed by atoms with E-state index in [9.17, 15) is 19.5 Å². The number of allylic oxidation sites excluding steroid dienone is 1. The molecule has 2 rings (SSSR count). The first-order valence-electron chi connectivity index (χ1n) is 8.84. The van der Waals surface area contributed by atoms with E-state index >= 15 is 0 Å². The highest BCUT2D eigenvalue weighted by Gasteiger charge is 2.15. The van der Waals surface area contributed by atoms with Gasteiger partial charge in [0.05, 0.1) is 5.56 Å². The molecule has 0 aliphatic carbocycles. The zero-order valence-corrected chi connectivity index (χ0v) is 15.8. The molecule has 27 heavy (non-hydrogen) atoms. The lowest BCUT2D eigenvalue weighted by Gasteiger charge is -2.19. The number of unbranched alkanes of at least 4 members (excludes halogenated alkanes) is 1. The minimum absolute atomic E-state index is 0.00972. The Morgan fingerprint density at radius 3 is 2.56 bits per heavy atom.